The topological polar surface area (TPSA) is 0 Å². The molecule has 72 valence electrons. The molecule has 0 fully saturated rings. The van der Waals surface area contributed by atoms with E-state index in [0.29, 0.717) is 4.90 Å². The van der Waals surface area contributed by atoms with E-state index < -0.39 is 11.7 Å². The van der Waals surface area contributed by atoms with E-state index in [2.05, 4.69) is 0 Å². The van der Waals surface area contributed by atoms with E-state index in [-0.39, 0.29) is 5.56 Å². The van der Waals surface area contributed by atoms with Gasteiger partial charge in [0.15, 0.2) is 0 Å². The summed E-state index contributed by atoms with van der Waals surface area (Å²) in [4.78, 5) is 0.402. The summed E-state index contributed by atoms with van der Waals surface area (Å²) in [5, 5.41) is 0. The molecule has 0 aromatic heterocycles. The van der Waals surface area contributed by atoms with Gasteiger partial charge in [-0.1, -0.05) is 6.07 Å². The van der Waals surface area contributed by atoms with Crippen LogP contribution in [0.5, 0.6) is 0 Å². The highest BCUT2D eigenvalue weighted by Gasteiger charge is 2.32. The van der Waals surface area contributed by atoms with Gasteiger partial charge in [-0.3, -0.25) is 0 Å². The Labute approximate surface area is 82.6 Å². The molecule has 1 aromatic carbocycles. The minimum atomic E-state index is -4.30. The third-order valence-electron chi connectivity index (χ3n) is 1.60. The van der Waals surface area contributed by atoms with Crippen molar-refractivity contribution in [3.8, 4) is 0 Å². The molecule has 0 N–H and O–H groups in total. The monoisotopic (exact) mass is 226 g/mol. The summed E-state index contributed by atoms with van der Waals surface area (Å²) < 4.78 is 36.9. The van der Waals surface area contributed by atoms with Crippen LogP contribution in [-0.2, 0) is 6.18 Å². The number of hydrogen-bond donors (Lipinski definition) is 0. The molecule has 0 saturated carbocycles. The van der Waals surface area contributed by atoms with Crippen molar-refractivity contribution in [2.45, 2.75) is 18.0 Å². The zero-order chi connectivity index (χ0) is 10.1. The fourth-order valence-electron chi connectivity index (χ4n) is 0.955. The van der Waals surface area contributed by atoms with E-state index >= 15 is 0 Å². The van der Waals surface area contributed by atoms with Gasteiger partial charge in [0.05, 0.1) is 5.56 Å². The Hall–Kier alpha value is -0.350. The lowest BCUT2D eigenvalue weighted by molar-refractivity contribution is -0.138. The van der Waals surface area contributed by atoms with Crippen LogP contribution in [-0.4, -0.2) is 0 Å². The van der Waals surface area contributed by atoms with Crippen LogP contribution < -0.4 is 0 Å². The maximum absolute atomic E-state index is 12.3. The van der Waals surface area contributed by atoms with Crippen molar-refractivity contribution in [3.63, 3.8) is 0 Å². The molecule has 0 saturated heterocycles. The van der Waals surface area contributed by atoms with Crippen LogP contribution in [0.25, 0.3) is 0 Å². The number of benzene rings is 1. The number of rotatable bonds is 1. The maximum atomic E-state index is 12.3. The van der Waals surface area contributed by atoms with E-state index in [0.717, 1.165) is 17.0 Å². The second-order valence-corrected chi connectivity index (χ2v) is 3.64. The van der Waals surface area contributed by atoms with Gasteiger partial charge in [-0.25, -0.2) is 0 Å². The van der Waals surface area contributed by atoms with Gasteiger partial charge in [0, 0.05) is 4.90 Å². The summed E-state index contributed by atoms with van der Waals surface area (Å²) in [5.41, 5.74) is -0.417. The first kappa shape index (κ1) is 10.7. The second-order valence-electron chi connectivity index (χ2n) is 2.55. The van der Waals surface area contributed by atoms with E-state index in [9.17, 15) is 13.2 Å². The van der Waals surface area contributed by atoms with E-state index in [4.69, 9.17) is 10.7 Å². The predicted octanol–water partition coefficient (Wildman–Crippen LogP) is 4.26. The van der Waals surface area contributed by atoms with Crippen LogP contribution >= 0.6 is 21.7 Å². The molecular weight excluding hydrogens is 221 g/mol. The van der Waals surface area contributed by atoms with Gasteiger partial charge in [-0.2, -0.15) is 13.2 Å². The molecule has 13 heavy (non-hydrogen) atoms. The quantitative estimate of drug-likeness (QED) is 0.690. The first-order valence-corrected chi connectivity index (χ1v) is 5.06. The summed E-state index contributed by atoms with van der Waals surface area (Å²) in [7, 11) is 6.13. The molecule has 5 heteroatoms. The highest BCUT2D eigenvalue weighted by Crippen LogP contribution is 2.35. The lowest BCUT2D eigenvalue weighted by Crippen LogP contribution is -2.07. The molecule has 0 heterocycles. The van der Waals surface area contributed by atoms with Gasteiger partial charge < -0.3 is 0 Å². The van der Waals surface area contributed by atoms with Crippen molar-refractivity contribution >= 4 is 21.7 Å². The second kappa shape index (κ2) is 3.80. The van der Waals surface area contributed by atoms with Crippen LogP contribution in [0.2, 0.25) is 0 Å². The minimum Gasteiger partial charge on any atom is -0.166 e. The van der Waals surface area contributed by atoms with Crippen molar-refractivity contribution in [2.24, 2.45) is 0 Å². The highest BCUT2D eigenvalue weighted by atomic mass is 35.7. The Kier molecular flexibility index (Phi) is 3.14. The maximum Gasteiger partial charge on any atom is 0.416 e. The van der Waals surface area contributed by atoms with Crippen LogP contribution in [0.15, 0.2) is 23.1 Å². The molecule has 0 radical (unpaired) electrons. The Morgan fingerprint density at radius 3 is 2.38 bits per heavy atom. The number of aryl methyl sites for hydroxylation is 1. The average Bonchev–Trinajstić information content (AvgIpc) is 2.03. The number of halogens is 4. The fourth-order valence-corrected chi connectivity index (χ4v) is 1.52. The summed E-state index contributed by atoms with van der Waals surface area (Å²) >= 11 is 0. The molecular formula is C8H6ClF3S. The minimum absolute atomic E-state index is 0.210. The molecule has 0 bridgehead atoms. The Bertz CT molecular complexity index is 309. The number of alkyl halides is 3. The third kappa shape index (κ3) is 2.54. The van der Waals surface area contributed by atoms with Crippen molar-refractivity contribution in [1.82, 2.24) is 0 Å². The van der Waals surface area contributed by atoms with Gasteiger partial charge in [-0.05, 0) is 46.3 Å². The Balaban J connectivity index is 3.19. The number of hydrogen-bond acceptors (Lipinski definition) is 1. The summed E-state index contributed by atoms with van der Waals surface area (Å²) in [6, 6.07) is 4.02. The van der Waals surface area contributed by atoms with Crippen molar-refractivity contribution < 1.29 is 13.2 Å². The third-order valence-corrected chi connectivity index (χ3v) is 2.57. The molecule has 0 atom stereocenters. The van der Waals surface area contributed by atoms with Gasteiger partial charge in [0.25, 0.3) is 0 Å². The molecule has 0 unspecified atom stereocenters. The SMILES string of the molecule is Cc1ccc(SCl)cc1C(F)(F)F. The largest absolute Gasteiger partial charge is 0.416 e. The lowest BCUT2D eigenvalue weighted by atomic mass is 10.1. The zero-order valence-electron chi connectivity index (χ0n) is 6.65. The van der Waals surface area contributed by atoms with Crippen molar-refractivity contribution in [1.29, 1.82) is 0 Å². The first-order valence-electron chi connectivity index (χ1n) is 3.41. The molecule has 0 aliphatic heterocycles. The fraction of sp³-hybridized carbons (Fsp3) is 0.250. The normalized spacial score (nSPS) is 11.8. The van der Waals surface area contributed by atoms with Gasteiger partial charge >= 0.3 is 6.18 Å². The van der Waals surface area contributed by atoms with Crippen LogP contribution in [0.1, 0.15) is 11.1 Å². The summed E-state index contributed by atoms with van der Waals surface area (Å²) in [5.74, 6) is 0. The Morgan fingerprint density at radius 2 is 1.92 bits per heavy atom. The van der Waals surface area contributed by atoms with E-state index in [1.165, 1.54) is 13.0 Å². The molecule has 1 rings (SSSR count). The smallest absolute Gasteiger partial charge is 0.166 e. The summed E-state index contributed by atoms with van der Waals surface area (Å²) in [6.07, 6.45) is -4.30. The average molecular weight is 227 g/mol. The Morgan fingerprint density at radius 1 is 1.31 bits per heavy atom. The van der Waals surface area contributed by atoms with E-state index in [1.807, 2.05) is 0 Å². The molecule has 1 aromatic rings. The molecule has 0 amide bonds. The molecule has 0 aliphatic carbocycles. The van der Waals surface area contributed by atoms with Crippen LogP contribution in [0.4, 0.5) is 13.2 Å². The first-order chi connectivity index (χ1) is 5.95. The van der Waals surface area contributed by atoms with Gasteiger partial charge in [0.2, 0.25) is 0 Å². The van der Waals surface area contributed by atoms with Gasteiger partial charge in [-0.15, -0.1) is 0 Å². The molecule has 0 nitrogen and oxygen atoms in total. The lowest BCUT2D eigenvalue weighted by Gasteiger charge is -2.10. The van der Waals surface area contributed by atoms with E-state index in [1.54, 1.807) is 6.07 Å². The highest BCUT2D eigenvalue weighted by molar-refractivity contribution is 8.21. The molecule has 0 spiro atoms. The predicted molar refractivity (Wildman–Crippen MR) is 47.9 cm³/mol. The van der Waals surface area contributed by atoms with Crippen LogP contribution in [0.3, 0.4) is 0 Å². The summed E-state index contributed by atoms with van der Waals surface area (Å²) in [6.45, 7) is 1.42. The van der Waals surface area contributed by atoms with Crippen LogP contribution in [0, 0.1) is 6.92 Å². The standard InChI is InChI=1S/C8H6ClF3S/c1-5-2-3-6(13-9)4-7(5)8(10,11)12/h2-4H,1H3. The van der Waals surface area contributed by atoms with Gasteiger partial charge in [0.1, 0.15) is 0 Å². The molecule has 0 aliphatic rings. The van der Waals surface area contributed by atoms with Crippen molar-refractivity contribution in [2.75, 3.05) is 0 Å². The zero-order valence-corrected chi connectivity index (χ0v) is 8.22. The van der Waals surface area contributed by atoms with Crippen molar-refractivity contribution in [3.05, 3.63) is 29.3 Å².